The second kappa shape index (κ2) is 4.98. The number of nitrogens with zero attached hydrogens (tertiary/aromatic N) is 1. The minimum atomic E-state index is 0.856. The van der Waals surface area contributed by atoms with E-state index in [4.69, 9.17) is 0 Å². The van der Waals surface area contributed by atoms with Crippen LogP contribution in [0.3, 0.4) is 0 Å². The van der Waals surface area contributed by atoms with Crippen molar-refractivity contribution < 1.29 is 0 Å². The Morgan fingerprint density at radius 1 is 1.18 bits per heavy atom. The van der Waals surface area contributed by atoms with E-state index in [-0.39, 0.29) is 0 Å². The molecule has 1 aromatic carbocycles. The van der Waals surface area contributed by atoms with Gasteiger partial charge < -0.3 is 5.32 Å². The zero-order valence-electron chi connectivity index (χ0n) is 9.73. The molecular weight excluding hydrogens is 228 g/mol. The van der Waals surface area contributed by atoms with E-state index in [1.165, 1.54) is 28.8 Å². The fourth-order valence-electron chi connectivity index (χ4n) is 1.98. The van der Waals surface area contributed by atoms with Crippen LogP contribution in [0.2, 0.25) is 0 Å². The van der Waals surface area contributed by atoms with Crippen LogP contribution in [-0.2, 0) is 13.1 Å². The maximum Gasteiger partial charge on any atom is 0.0794 e. The van der Waals surface area contributed by atoms with E-state index >= 15 is 0 Å². The van der Waals surface area contributed by atoms with Crippen molar-refractivity contribution in [2.24, 2.45) is 0 Å². The summed E-state index contributed by atoms with van der Waals surface area (Å²) in [5.74, 6) is 0.856. The molecule has 0 unspecified atom stereocenters. The molecule has 1 aliphatic rings. The first-order valence-electron chi connectivity index (χ1n) is 6.09. The largest absolute Gasteiger partial charge is 0.308 e. The summed E-state index contributed by atoms with van der Waals surface area (Å²) >= 11 is 1.70. The van der Waals surface area contributed by atoms with Crippen molar-refractivity contribution in [2.75, 3.05) is 0 Å². The van der Waals surface area contributed by atoms with Crippen molar-refractivity contribution in [3.8, 4) is 0 Å². The second-order valence-corrected chi connectivity index (χ2v) is 5.56. The summed E-state index contributed by atoms with van der Waals surface area (Å²) < 4.78 is 0. The third-order valence-electron chi connectivity index (χ3n) is 3.14. The quantitative estimate of drug-likeness (QED) is 0.873. The lowest BCUT2D eigenvalue weighted by Gasteiger charge is -2.04. The van der Waals surface area contributed by atoms with E-state index in [1.54, 1.807) is 11.3 Å². The summed E-state index contributed by atoms with van der Waals surface area (Å²) in [5, 5.41) is 3.44. The highest BCUT2D eigenvalue weighted by atomic mass is 32.1. The molecule has 1 heterocycles. The van der Waals surface area contributed by atoms with E-state index < -0.39 is 0 Å². The molecule has 0 amide bonds. The number of hydrogen-bond acceptors (Lipinski definition) is 3. The van der Waals surface area contributed by atoms with Gasteiger partial charge in [-0.3, -0.25) is 4.98 Å². The van der Waals surface area contributed by atoms with Crippen molar-refractivity contribution in [3.05, 3.63) is 52.0 Å². The first kappa shape index (κ1) is 10.9. The molecule has 1 fully saturated rings. The van der Waals surface area contributed by atoms with E-state index in [1.807, 2.05) is 11.7 Å². The van der Waals surface area contributed by atoms with Crippen molar-refractivity contribution in [2.45, 2.75) is 31.8 Å². The molecule has 0 spiro atoms. The van der Waals surface area contributed by atoms with Gasteiger partial charge in [0.15, 0.2) is 0 Å². The third-order valence-corrected chi connectivity index (χ3v) is 3.92. The minimum Gasteiger partial charge on any atom is -0.308 e. The Bertz CT molecular complexity index is 457. The van der Waals surface area contributed by atoms with Gasteiger partial charge in [0.2, 0.25) is 0 Å². The molecule has 3 rings (SSSR count). The Morgan fingerprint density at radius 2 is 2.00 bits per heavy atom. The number of thiazole rings is 1. The summed E-state index contributed by atoms with van der Waals surface area (Å²) in [6.07, 6.45) is 4.68. The predicted octanol–water partition coefficient (Wildman–Crippen LogP) is 3.31. The van der Waals surface area contributed by atoms with Gasteiger partial charge in [-0.05, 0) is 29.9 Å². The molecule has 0 aliphatic heterocycles. The summed E-state index contributed by atoms with van der Waals surface area (Å²) in [7, 11) is 0. The van der Waals surface area contributed by atoms with Gasteiger partial charge in [0, 0.05) is 24.2 Å². The Kier molecular flexibility index (Phi) is 3.20. The average Bonchev–Trinajstić information content (AvgIpc) is 3.08. The maximum absolute atomic E-state index is 4.06. The molecular formula is C14H16N2S. The lowest BCUT2D eigenvalue weighted by Crippen LogP contribution is -2.11. The van der Waals surface area contributed by atoms with E-state index in [0.29, 0.717) is 0 Å². The van der Waals surface area contributed by atoms with Crippen LogP contribution in [0.15, 0.2) is 36.0 Å². The van der Waals surface area contributed by atoms with Crippen LogP contribution in [0.25, 0.3) is 0 Å². The molecule has 1 aromatic heterocycles. The molecule has 88 valence electrons. The summed E-state index contributed by atoms with van der Waals surface area (Å²) in [6.45, 7) is 1.85. The number of benzene rings is 1. The van der Waals surface area contributed by atoms with Crippen LogP contribution in [-0.4, -0.2) is 4.98 Å². The molecule has 1 aliphatic carbocycles. The topological polar surface area (TPSA) is 24.9 Å². The number of rotatable bonds is 5. The van der Waals surface area contributed by atoms with Crippen LogP contribution in [0.5, 0.6) is 0 Å². The SMILES string of the molecule is c1ncc(CNCc2ccc(C3CC3)cc2)s1. The van der Waals surface area contributed by atoms with Crippen LogP contribution in [0.4, 0.5) is 0 Å². The molecule has 0 saturated heterocycles. The van der Waals surface area contributed by atoms with Crippen LogP contribution in [0, 0.1) is 0 Å². The fraction of sp³-hybridized carbons (Fsp3) is 0.357. The van der Waals surface area contributed by atoms with Gasteiger partial charge in [0.1, 0.15) is 0 Å². The fourth-order valence-corrected chi connectivity index (χ4v) is 2.55. The molecule has 3 heteroatoms. The van der Waals surface area contributed by atoms with Gasteiger partial charge >= 0.3 is 0 Å². The summed E-state index contributed by atoms with van der Waals surface area (Å²) in [4.78, 5) is 5.36. The molecule has 0 atom stereocenters. The van der Waals surface area contributed by atoms with Gasteiger partial charge in [-0.1, -0.05) is 24.3 Å². The van der Waals surface area contributed by atoms with E-state index in [2.05, 4.69) is 34.6 Å². The van der Waals surface area contributed by atoms with Gasteiger partial charge in [-0.25, -0.2) is 0 Å². The molecule has 2 aromatic rings. The normalized spacial score (nSPS) is 15.1. The first-order valence-corrected chi connectivity index (χ1v) is 6.97. The Morgan fingerprint density at radius 3 is 2.65 bits per heavy atom. The Hall–Kier alpha value is -1.19. The standard InChI is InChI=1S/C14H16N2S/c1-3-12(13-5-6-13)4-2-11(1)7-15-8-14-9-16-10-17-14/h1-4,9-10,13,15H,5-8H2. The zero-order chi connectivity index (χ0) is 11.5. The molecule has 0 radical (unpaired) electrons. The molecule has 17 heavy (non-hydrogen) atoms. The minimum absolute atomic E-state index is 0.856. The first-order chi connectivity index (χ1) is 8.42. The molecule has 2 nitrogen and oxygen atoms in total. The van der Waals surface area contributed by atoms with Crippen LogP contribution >= 0.6 is 11.3 Å². The van der Waals surface area contributed by atoms with Crippen LogP contribution in [0.1, 0.15) is 34.8 Å². The second-order valence-electron chi connectivity index (χ2n) is 4.59. The van der Waals surface area contributed by atoms with Gasteiger partial charge in [-0.15, -0.1) is 11.3 Å². The van der Waals surface area contributed by atoms with Crippen molar-refractivity contribution in [1.29, 1.82) is 0 Å². The lowest BCUT2D eigenvalue weighted by atomic mass is 10.1. The summed E-state index contributed by atoms with van der Waals surface area (Å²) in [6, 6.07) is 9.05. The molecule has 1 N–H and O–H groups in total. The van der Waals surface area contributed by atoms with Crippen molar-refractivity contribution in [3.63, 3.8) is 0 Å². The highest BCUT2D eigenvalue weighted by molar-refractivity contribution is 7.09. The Labute approximate surface area is 106 Å². The zero-order valence-corrected chi connectivity index (χ0v) is 10.5. The van der Waals surface area contributed by atoms with Crippen LogP contribution < -0.4 is 5.32 Å². The highest BCUT2D eigenvalue weighted by Crippen LogP contribution is 2.39. The Balaban J connectivity index is 1.51. The van der Waals surface area contributed by atoms with Crippen molar-refractivity contribution >= 4 is 11.3 Å². The van der Waals surface area contributed by atoms with E-state index in [9.17, 15) is 0 Å². The lowest BCUT2D eigenvalue weighted by molar-refractivity contribution is 0.699. The monoisotopic (exact) mass is 244 g/mol. The number of hydrogen-bond donors (Lipinski definition) is 1. The third kappa shape index (κ3) is 2.93. The van der Waals surface area contributed by atoms with Gasteiger partial charge in [0.25, 0.3) is 0 Å². The average molecular weight is 244 g/mol. The number of nitrogens with one attached hydrogen (secondary N) is 1. The summed E-state index contributed by atoms with van der Waals surface area (Å²) in [5.41, 5.74) is 4.75. The smallest absolute Gasteiger partial charge is 0.0794 e. The van der Waals surface area contributed by atoms with Crippen molar-refractivity contribution in [1.82, 2.24) is 10.3 Å². The molecule has 1 saturated carbocycles. The highest BCUT2D eigenvalue weighted by Gasteiger charge is 2.22. The van der Waals surface area contributed by atoms with Gasteiger partial charge in [0.05, 0.1) is 5.51 Å². The molecule has 0 bridgehead atoms. The predicted molar refractivity (Wildman–Crippen MR) is 71.1 cm³/mol. The number of aromatic nitrogens is 1. The maximum atomic E-state index is 4.06. The van der Waals surface area contributed by atoms with Gasteiger partial charge in [-0.2, -0.15) is 0 Å². The van der Waals surface area contributed by atoms with E-state index in [0.717, 1.165) is 19.0 Å².